The van der Waals surface area contributed by atoms with Gasteiger partial charge in [-0.1, -0.05) is 30.1 Å². The van der Waals surface area contributed by atoms with Gasteiger partial charge in [0.2, 0.25) is 0 Å². The molecule has 20 heavy (non-hydrogen) atoms. The summed E-state index contributed by atoms with van der Waals surface area (Å²) in [4.78, 5) is 12.2. The number of amides is 1. The van der Waals surface area contributed by atoms with Gasteiger partial charge in [-0.25, -0.2) is 0 Å². The van der Waals surface area contributed by atoms with Crippen LogP contribution in [0.5, 0.6) is 0 Å². The van der Waals surface area contributed by atoms with Gasteiger partial charge in [-0.2, -0.15) is 13.2 Å². The van der Waals surface area contributed by atoms with Gasteiger partial charge in [0.25, 0.3) is 0 Å². The number of nitrogens with zero attached hydrogens (tertiary/aromatic N) is 1. The van der Waals surface area contributed by atoms with E-state index in [0.717, 1.165) is 16.0 Å². The number of carbonyl (C=O) groups excluding carboxylic acids is 1. The molecule has 0 aromatic heterocycles. The van der Waals surface area contributed by atoms with E-state index >= 15 is 0 Å². The lowest BCUT2D eigenvalue weighted by Crippen LogP contribution is -2.42. The molecule has 0 unspecified atom stereocenters. The third kappa shape index (κ3) is 3.04. The summed E-state index contributed by atoms with van der Waals surface area (Å²) in [5.74, 6) is -2.03. The molecular formula is C13H12Cl2F3NO. The Kier molecular flexibility index (Phi) is 4.21. The summed E-state index contributed by atoms with van der Waals surface area (Å²) >= 11 is 11.9. The van der Waals surface area contributed by atoms with E-state index in [9.17, 15) is 18.0 Å². The molecule has 0 saturated heterocycles. The van der Waals surface area contributed by atoms with Gasteiger partial charge >= 0.3 is 12.1 Å². The van der Waals surface area contributed by atoms with Gasteiger partial charge in [-0.3, -0.25) is 4.79 Å². The van der Waals surface area contributed by atoms with Crippen molar-refractivity contribution in [1.82, 2.24) is 4.90 Å². The summed E-state index contributed by atoms with van der Waals surface area (Å²) < 4.78 is 37.6. The van der Waals surface area contributed by atoms with Gasteiger partial charge in [0.15, 0.2) is 0 Å². The Morgan fingerprint density at radius 2 is 1.90 bits per heavy atom. The standard InChI is InChI=1S/C13H12Cl2F3NO/c1-7-6-19(12(20)13(16,17)18)3-2-8-4-10(14)11(15)5-9(7)8/h4-5,7H,2-3,6H2,1H3/t7-/m1/s1. The topological polar surface area (TPSA) is 20.3 Å². The third-order valence-corrected chi connectivity index (χ3v) is 4.11. The maximum atomic E-state index is 12.5. The van der Waals surface area contributed by atoms with Crippen molar-refractivity contribution in [3.63, 3.8) is 0 Å². The number of hydrogen-bond acceptors (Lipinski definition) is 1. The van der Waals surface area contributed by atoms with Crippen LogP contribution < -0.4 is 0 Å². The van der Waals surface area contributed by atoms with Crippen LogP contribution >= 0.6 is 23.2 Å². The highest BCUT2D eigenvalue weighted by molar-refractivity contribution is 6.42. The fourth-order valence-corrected chi connectivity index (χ4v) is 2.78. The van der Waals surface area contributed by atoms with Crippen LogP contribution in [0.4, 0.5) is 13.2 Å². The monoisotopic (exact) mass is 325 g/mol. The van der Waals surface area contributed by atoms with E-state index in [-0.39, 0.29) is 19.0 Å². The van der Waals surface area contributed by atoms with Crippen LogP contribution in [0.3, 0.4) is 0 Å². The lowest BCUT2D eigenvalue weighted by Gasteiger charge is -2.24. The smallest absolute Gasteiger partial charge is 0.334 e. The van der Waals surface area contributed by atoms with Crippen LogP contribution in [0.25, 0.3) is 0 Å². The maximum absolute atomic E-state index is 12.5. The molecule has 0 N–H and O–H groups in total. The minimum Gasteiger partial charge on any atom is -0.334 e. The number of benzene rings is 1. The Hall–Kier alpha value is -0.940. The van der Waals surface area contributed by atoms with Crippen LogP contribution in [0.1, 0.15) is 24.0 Å². The molecule has 0 spiro atoms. The molecule has 110 valence electrons. The lowest BCUT2D eigenvalue weighted by molar-refractivity contribution is -0.185. The summed E-state index contributed by atoms with van der Waals surface area (Å²) in [6.07, 6.45) is -4.51. The van der Waals surface area contributed by atoms with Crippen LogP contribution in [-0.4, -0.2) is 30.1 Å². The second-order valence-electron chi connectivity index (χ2n) is 4.87. The van der Waals surface area contributed by atoms with Crippen molar-refractivity contribution in [3.05, 3.63) is 33.3 Å². The number of hydrogen-bond donors (Lipinski definition) is 0. The number of fused-ring (bicyclic) bond motifs is 1. The number of carbonyl (C=O) groups is 1. The zero-order valence-corrected chi connectivity index (χ0v) is 12.1. The van der Waals surface area contributed by atoms with E-state index in [0.29, 0.717) is 16.5 Å². The molecule has 0 fully saturated rings. The predicted molar refractivity (Wildman–Crippen MR) is 71.2 cm³/mol. The van der Waals surface area contributed by atoms with Crippen LogP contribution in [-0.2, 0) is 11.2 Å². The maximum Gasteiger partial charge on any atom is 0.471 e. The summed E-state index contributed by atoms with van der Waals surface area (Å²) in [5, 5.41) is 0.737. The summed E-state index contributed by atoms with van der Waals surface area (Å²) in [6, 6.07) is 3.34. The highest BCUT2D eigenvalue weighted by Gasteiger charge is 2.43. The Bertz CT molecular complexity index is 545. The van der Waals surface area contributed by atoms with Gasteiger partial charge in [-0.05, 0) is 35.6 Å². The molecule has 1 aromatic carbocycles. The van der Waals surface area contributed by atoms with Gasteiger partial charge in [-0.15, -0.1) is 0 Å². The third-order valence-electron chi connectivity index (χ3n) is 3.39. The van der Waals surface area contributed by atoms with E-state index in [4.69, 9.17) is 23.2 Å². The normalized spacial score (nSPS) is 19.5. The average Bonchev–Trinajstić information content (AvgIpc) is 2.49. The molecule has 1 aromatic rings. The first-order valence-corrected chi connectivity index (χ1v) is 6.79. The molecule has 7 heteroatoms. The molecule has 0 radical (unpaired) electrons. The Morgan fingerprint density at radius 1 is 1.30 bits per heavy atom. The van der Waals surface area contributed by atoms with Crippen molar-refractivity contribution >= 4 is 29.1 Å². The first-order chi connectivity index (χ1) is 9.20. The number of rotatable bonds is 0. The molecule has 1 atom stereocenters. The second-order valence-corrected chi connectivity index (χ2v) is 5.68. The lowest BCUT2D eigenvalue weighted by atomic mass is 9.95. The van der Waals surface area contributed by atoms with E-state index < -0.39 is 12.1 Å². The molecule has 0 aliphatic carbocycles. The van der Waals surface area contributed by atoms with Gasteiger partial charge < -0.3 is 4.90 Å². The van der Waals surface area contributed by atoms with Crippen LogP contribution in [0.2, 0.25) is 10.0 Å². The van der Waals surface area contributed by atoms with Crippen molar-refractivity contribution in [2.24, 2.45) is 0 Å². The fraction of sp³-hybridized carbons (Fsp3) is 0.462. The fourth-order valence-electron chi connectivity index (χ4n) is 2.42. The zero-order chi connectivity index (χ0) is 15.1. The number of alkyl halides is 3. The molecule has 1 heterocycles. The van der Waals surface area contributed by atoms with E-state index in [2.05, 4.69) is 0 Å². The van der Waals surface area contributed by atoms with E-state index in [1.54, 1.807) is 19.1 Å². The molecule has 1 aliphatic heterocycles. The average molecular weight is 326 g/mol. The summed E-state index contributed by atoms with van der Waals surface area (Å²) in [6.45, 7) is 1.81. The Balaban J connectivity index is 2.30. The molecule has 2 nitrogen and oxygen atoms in total. The molecule has 1 amide bonds. The second kappa shape index (κ2) is 5.45. The van der Waals surface area contributed by atoms with E-state index in [1.165, 1.54) is 0 Å². The molecule has 1 aliphatic rings. The highest BCUT2D eigenvalue weighted by atomic mass is 35.5. The van der Waals surface area contributed by atoms with Crippen molar-refractivity contribution in [2.75, 3.05) is 13.1 Å². The first-order valence-electron chi connectivity index (χ1n) is 6.04. The number of halogens is 5. The quantitative estimate of drug-likeness (QED) is 0.704. The van der Waals surface area contributed by atoms with Gasteiger partial charge in [0.1, 0.15) is 0 Å². The van der Waals surface area contributed by atoms with Crippen LogP contribution in [0.15, 0.2) is 12.1 Å². The van der Waals surface area contributed by atoms with E-state index in [1.807, 2.05) is 0 Å². The largest absolute Gasteiger partial charge is 0.471 e. The summed E-state index contributed by atoms with van der Waals surface area (Å²) in [5.41, 5.74) is 1.68. The molecule has 2 rings (SSSR count). The first kappa shape index (κ1) is 15.4. The zero-order valence-electron chi connectivity index (χ0n) is 10.6. The Labute approximate surface area is 124 Å². The minimum absolute atomic E-state index is 0.0172. The minimum atomic E-state index is -4.84. The molecule has 0 bridgehead atoms. The van der Waals surface area contributed by atoms with Crippen molar-refractivity contribution in [3.8, 4) is 0 Å². The SMILES string of the molecule is C[C@@H]1CN(C(=O)C(F)(F)F)CCc2cc(Cl)c(Cl)cc21. The predicted octanol–water partition coefficient (Wildman–Crippen LogP) is 4.04. The van der Waals surface area contributed by atoms with Gasteiger partial charge in [0.05, 0.1) is 10.0 Å². The Morgan fingerprint density at radius 3 is 2.50 bits per heavy atom. The molecule has 0 saturated carbocycles. The summed E-state index contributed by atoms with van der Waals surface area (Å²) in [7, 11) is 0. The van der Waals surface area contributed by atoms with Crippen molar-refractivity contribution < 1.29 is 18.0 Å². The van der Waals surface area contributed by atoms with Crippen LogP contribution in [0, 0.1) is 0 Å². The molecular weight excluding hydrogens is 314 g/mol. The van der Waals surface area contributed by atoms with Crippen molar-refractivity contribution in [2.45, 2.75) is 25.4 Å². The van der Waals surface area contributed by atoms with Gasteiger partial charge in [0, 0.05) is 13.1 Å². The highest BCUT2D eigenvalue weighted by Crippen LogP contribution is 2.33. The van der Waals surface area contributed by atoms with Crippen molar-refractivity contribution in [1.29, 1.82) is 0 Å².